The van der Waals surface area contributed by atoms with Gasteiger partial charge in [-0.1, -0.05) is 20.3 Å². The summed E-state index contributed by atoms with van der Waals surface area (Å²) in [6.45, 7) is 7.58. The zero-order chi connectivity index (χ0) is 22.3. The molecule has 0 fully saturated rings. The number of anilines is 1. The molecule has 4 heteroatoms. The van der Waals surface area contributed by atoms with Crippen LogP contribution in [0.25, 0.3) is 0 Å². The van der Waals surface area contributed by atoms with E-state index in [9.17, 15) is 0 Å². The summed E-state index contributed by atoms with van der Waals surface area (Å²) in [7, 11) is -0.741. The normalized spacial score (nSPS) is 14.6. The van der Waals surface area contributed by atoms with Crippen LogP contribution in [0.3, 0.4) is 0 Å². The largest absolute Gasteiger partial charge is 0.493 e. The molecular weight excluding hydrogens is 418 g/mol. The lowest BCUT2D eigenvalue weighted by Crippen LogP contribution is -2.30. The van der Waals surface area contributed by atoms with Crippen LogP contribution in [0.4, 0.5) is 5.69 Å². The summed E-state index contributed by atoms with van der Waals surface area (Å²) >= 11 is 1.85. The Morgan fingerprint density at radius 3 is 2.52 bits per heavy atom. The number of nitrogens with zero attached hydrogens (tertiary/aromatic N) is 1. The van der Waals surface area contributed by atoms with Gasteiger partial charge >= 0.3 is 0 Å². The molecule has 1 heterocycles. The molecule has 0 aromatic heterocycles. The van der Waals surface area contributed by atoms with E-state index >= 15 is 0 Å². The molecule has 0 aliphatic carbocycles. The van der Waals surface area contributed by atoms with Gasteiger partial charge in [-0.05, 0) is 109 Å². The van der Waals surface area contributed by atoms with Crippen molar-refractivity contribution >= 4 is 27.5 Å². The van der Waals surface area contributed by atoms with Crippen molar-refractivity contribution in [3.05, 3.63) is 48.0 Å². The first-order valence-electron chi connectivity index (χ1n) is 11.7. The van der Waals surface area contributed by atoms with E-state index in [-0.39, 0.29) is 0 Å². The Bertz CT molecular complexity index is 816. The van der Waals surface area contributed by atoms with Crippen molar-refractivity contribution in [1.82, 2.24) is 0 Å². The van der Waals surface area contributed by atoms with Crippen molar-refractivity contribution in [3.8, 4) is 5.75 Å². The monoisotopic (exact) mass is 459 g/mol. The van der Waals surface area contributed by atoms with Crippen molar-refractivity contribution in [3.63, 3.8) is 0 Å². The Labute approximate surface area is 196 Å². The maximum Gasteiger partial charge on any atom is 0.119 e. The summed E-state index contributed by atoms with van der Waals surface area (Å²) in [4.78, 5) is 5.51. The number of benzene rings is 2. The number of fused-ring (bicyclic) bond motifs is 1. The van der Waals surface area contributed by atoms with Gasteiger partial charge in [0, 0.05) is 23.7 Å². The van der Waals surface area contributed by atoms with E-state index in [1.165, 1.54) is 66.4 Å². The van der Waals surface area contributed by atoms with Crippen LogP contribution in [-0.4, -0.2) is 44.2 Å². The highest BCUT2D eigenvalue weighted by Crippen LogP contribution is 2.50. The standard InChI is InChI=1S/C27H41NOS2/c1-22(2)21-29-24-11-14-26(15-12-24)31(4,5)19-8-6-7-17-28-18-9-10-23-20-25(30-3)13-16-27(23)28/h11-16,20,22H,6-10,17-19,21H2,1-5H3. The minimum absolute atomic E-state index is 0.563. The number of rotatable bonds is 11. The molecule has 0 N–H and O–H groups in total. The molecule has 1 aliphatic rings. The fraction of sp³-hybridized carbons (Fsp3) is 0.556. The molecule has 0 spiro atoms. The second kappa shape index (κ2) is 11.6. The van der Waals surface area contributed by atoms with Gasteiger partial charge in [0.2, 0.25) is 0 Å². The van der Waals surface area contributed by atoms with Gasteiger partial charge in [0.25, 0.3) is 0 Å². The Hall–Kier alpha value is -1.26. The topological polar surface area (TPSA) is 12.5 Å². The third kappa shape index (κ3) is 7.12. The minimum Gasteiger partial charge on any atom is -0.493 e. The van der Waals surface area contributed by atoms with Gasteiger partial charge < -0.3 is 9.64 Å². The van der Waals surface area contributed by atoms with Crippen LogP contribution in [0, 0.1) is 5.92 Å². The molecule has 31 heavy (non-hydrogen) atoms. The van der Waals surface area contributed by atoms with E-state index in [4.69, 9.17) is 4.74 Å². The van der Waals surface area contributed by atoms with Gasteiger partial charge in [0.15, 0.2) is 0 Å². The summed E-state index contributed by atoms with van der Waals surface area (Å²) in [6.07, 6.45) is 13.5. The van der Waals surface area contributed by atoms with Gasteiger partial charge in [0.1, 0.15) is 5.75 Å². The average Bonchev–Trinajstić information content (AvgIpc) is 2.77. The van der Waals surface area contributed by atoms with E-state index in [0.29, 0.717) is 5.92 Å². The van der Waals surface area contributed by atoms with E-state index in [1.54, 1.807) is 5.56 Å². The summed E-state index contributed by atoms with van der Waals surface area (Å²) < 4.78 is 5.85. The van der Waals surface area contributed by atoms with Gasteiger partial charge in [-0.2, -0.15) is 0 Å². The van der Waals surface area contributed by atoms with Crippen molar-refractivity contribution in [1.29, 1.82) is 0 Å². The lowest BCUT2D eigenvalue weighted by Gasteiger charge is -2.33. The van der Waals surface area contributed by atoms with E-state index < -0.39 is 10.0 Å². The molecule has 0 bridgehead atoms. The number of unbranched alkanes of at least 4 members (excludes halogenated alkanes) is 2. The second-order valence-corrected chi connectivity index (χ2v) is 14.4. The quantitative estimate of drug-likeness (QED) is 0.255. The van der Waals surface area contributed by atoms with E-state index in [0.717, 1.165) is 12.4 Å². The van der Waals surface area contributed by atoms with Gasteiger partial charge in [-0.25, -0.2) is 10.0 Å². The van der Waals surface area contributed by atoms with Crippen LogP contribution < -0.4 is 9.64 Å². The number of thioether (sulfide) groups is 1. The summed E-state index contributed by atoms with van der Waals surface area (Å²) in [6, 6.07) is 15.9. The van der Waals surface area contributed by atoms with Crippen LogP contribution >= 0.6 is 21.8 Å². The van der Waals surface area contributed by atoms with E-state index in [2.05, 4.69) is 80.0 Å². The lowest BCUT2D eigenvalue weighted by molar-refractivity contribution is 0.271. The molecule has 2 nitrogen and oxygen atoms in total. The van der Waals surface area contributed by atoms with Crippen LogP contribution in [0.2, 0.25) is 0 Å². The van der Waals surface area contributed by atoms with E-state index in [1.807, 2.05) is 11.8 Å². The minimum atomic E-state index is -0.741. The lowest BCUT2D eigenvalue weighted by atomic mass is 10.0. The second-order valence-electron chi connectivity index (χ2n) is 9.56. The van der Waals surface area contributed by atoms with Gasteiger partial charge in [-0.3, -0.25) is 0 Å². The number of hydrogen-bond acceptors (Lipinski definition) is 3. The Morgan fingerprint density at radius 1 is 1.03 bits per heavy atom. The molecule has 0 saturated heterocycles. The van der Waals surface area contributed by atoms with Crippen molar-refractivity contribution in [2.24, 2.45) is 5.92 Å². The predicted molar refractivity (Wildman–Crippen MR) is 142 cm³/mol. The van der Waals surface area contributed by atoms with Crippen molar-refractivity contribution in [2.45, 2.75) is 55.7 Å². The summed E-state index contributed by atoms with van der Waals surface area (Å²) in [5, 5.41) is 0. The molecular formula is C27H41NOS2. The van der Waals surface area contributed by atoms with Crippen molar-refractivity contribution in [2.75, 3.05) is 49.1 Å². The third-order valence-corrected chi connectivity index (χ3v) is 9.71. The third-order valence-electron chi connectivity index (χ3n) is 6.13. The maximum atomic E-state index is 5.85. The number of ether oxygens (including phenoxy) is 1. The van der Waals surface area contributed by atoms with Crippen LogP contribution in [-0.2, 0) is 6.42 Å². The number of aryl methyl sites for hydroxylation is 1. The first-order valence-corrected chi connectivity index (χ1v) is 15.6. The fourth-order valence-corrected chi connectivity index (χ4v) is 6.74. The Kier molecular flexibility index (Phi) is 9.09. The first-order chi connectivity index (χ1) is 14.9. The molecule has 3 rings (SSSR count). The van der Waals surface area contributed by atoms with Gasteiger partial charge in [-0.15, -0.1) is 11.8 Å². The highest BCUT2D eigenvalue weighted by Gasteiger charge is 2.18. The summed E-state index contributed by atoms with van der Waals surface area (Å²) in [5.74, 6) is 2.87. The molecule has 0 unspecified atom stereocenters. The Morgan fingerprint density at radius 2 is 1.81 bits per heavy atom. The molecule has 0 saturated carbocycles. The zero-order valence-electron chi connectivity index (χ0n) is 20.2. The SMILES string of the molecule is CSc1ccc2c(c1)CCCN2CCCCCS(C)(C)c1ccc(OCC(C)C)cc1. The fourth-order valence-electron chi connectivity index (χ4n) is 4.24. The van der Waals surface area contributed by atoms with Crippen LogP contribution in [0.15, 0.2) is 52.3 Å². The first kappa shape index (κ1) is 24.4. The highest BCUT2D eigenvalue weighted by atomic mass is 32.3. The smallest absolute Gasteiger partial charge is 0.119 e. The van der Waals surface area contributed by atoms with Crippen molar-refractivity contribution < 1.29 is 4.74 Å². The maximum absolute atomic E-state index is 5.85. The summed E-state index contributed by atoms with van der Waals surface area (Å²) in [5.41, 5.74) is 3.03. The predicted octanol–water partition coefficient (Wildman–Crippen LogP) is 7.49. The Balaban J connectivity index is 1.43. The molecule has 2 aromatic carbocycles. The van der Waals surface area contributed by atoms with Crippen LogP contribution in [0.5, 0.6) is 5.75 Å². The average molecular weight is 460 g/mol. The number of hydrogen-bond donors (Lipinski definition) is 0. The molecule has 0 radical (unpaired) electrons. The molecule has 2 aromatic rings. The molecule has 172 valence electrons. The molecule has 0 amide bonds. The van der Waals surface area contributed by atoms with Crippen LogP contribution in [0.1, 0.15) is 45.1 Å². The molecule has 0 atom stereocenters. The molecule has 1 aliphatic heterocycles. The zero-order valence-corrected chi connectivity index (χ0v) is 21.8. The highest BCUT2D eigenvalue weighted by molar-refractivity contribution is 8.32. The van der Waals surface area contributed by atoms with Gasteiger partial charge in [0.05, 0.1) is 6.61 Å².